The van der Waals surface area contributed by atoms with Crippen LogP contribution in [-0.4, -0.2) is 89.9 Å². The molecule has 3 aliphatic heterocycles. The first-order valence-electron chi connectivity index (χ1n) is 12.0. The lowest BCUT2D eigenvalue weighted by molar-refractivity contribution is 0.0981. The summed E-state index contributed by atoms with van der Waals surface area (Å²) >= 11 is 0. The van der Waals surface area contributed by atoms with Crippen molar-refractivity contribution in [1.82, 2.24) is 24.2 Å². The van der Waals surface area contributed by atoms with Crippen LogP contribution in [0.2, 0.25) is 0 Å². The molecule has 2 aromatic rings. The second kappa shape index (κ2) is 8.28. The third-order valence-corrected chi connectivity index (χ3v) is 9.20. The molecule has 5 heterocycles. The van der Waals surface area contributed by atoms with Gasteiger partial charge < -0.3 is 20.3 Å². The van der Waals surface area contributed by atoms with E-state index in [1.165, 1.54) is 0 Å². The van der Waals surface area contributed by atoms with Gasteiger partial charge in [0.05, 0.1) is 36.7 Å². The van der Waals surface area contributed by atoms with Crippen molar-refractivity contribution in [3.05, 3.63) is 18.0 Å². The van der Waals surface area contributed by atoms with Crippen molar-refractivity contribution in [3.63, 3.8) is 0 Å². The molecule has 1 unspecified atom stereocenters. The summed E-state index contributed by atoms with van der Waals surface area (Å²) in [5.74, 6) is 2.41. The first kappa shape index (κ1) is 21.9. The van der Waals surface area contributed by atoms with E-state index >= 15 is 0 Å². The Bertz CT molecular complexity index is 1180. The number of hydrogen-bond donors (Lipinski definition) is 1. The average molecular weight is 487 g/mol. The Morgan fingerprint density at radius 3 is 2.59 bits per heavy atom. The highest BCUT2D eigenvalue weighted by molar-refractivity contribution is 7.89. The minimum Gasteiger partial charge on any atom is -0.377 e. The van der Waals surface area contributed by atoms with Gasteiger partial charge in [0.1, 0.15) is 5.82 Å². The number of nitrogen functional groups attached to an aromatic ring is 1. The van der Waals surface area contributed by atoms with Gasteiger partial charge in [-0.2, -0.15) is 9.29 Å². The van der Waals surface area contributed by atoms with Crippen LogP contribution in [-0.2, 0) is 21.2 Å². The molecule has 4 aliphatic rings. The van der Waals surface area contributed by atoms with Crippen molar-refractivity contribution in [3.8, 4) is 11.3 Å². The number of aromatic nitrogens is 4. The first-order valence-corrected chi connectivity index (χ1v) is 13.6. The van der Waals surface area contributed by atoms with Crippen molar-refractivity contribution >= 4 is 27.7 Å². The summed E-state index contributed by atoms with van der Waals surface area (Å²) in [4.78, 5) is 22.7. The minimum atomic E-state index is -3.16. The van der Waals surface area contributed by atoms with Gasteiger partial charge in [0.2, 0.25) is 21.9 Å². The van der Waals surface area contributed by atoms with Crippen LogP contribution < -0.4 is 15.5 Å². The van der Waals surface area contributed by atoms with Gasteiger partial charge in [-0.25, -0.2) is 23.4 Å². The van der Waals surface area contributed by atoms with Gasteiger partial charge in [0.15, 0.2) is 0 Å². The largest absolute Gasteiger partial charge is 0.377 e. The molecule has 12 heteroatoms. The summed E-state index contributed by atoms with van der Waals surface area (Å²) in [5.41, 5.74) is 8.39. The summed E-state index contributed by atoms with van der Waals surface area (Å²) in [6, 6.07) is 0.277. The second-order valence-corrected chi connectivity index (χ2v) is 11.8. The van der Waals surface area contributed by atoms with Gasteiger partial charge in [-0.3, -0.25) is 0 Å². The Balaban J connectivity index is 1.32. The van der Waals surface area contributed by atoms with Crippen LogP contribution in [0.3, 0.4) is 0 Å². The third-order valence-electron chi connectivity index (χ3n) is 7.22. The standard InChI is InChI=1S/C22H30N8O3S/c1-14-12-33-7-6-29(14)22-26-19(16-8-24-21(23)25-9-16)18-4-5-30(20(18)27-22)17-10-28(11-17)34(31,32)13-15-2-3-15/h8-9,14-15,17H,2-7,10-13H2,1H3,(H2,23,24,25). The number of fused-ring (bicyclic) bond motifs is 1. The quantitative estimate of drug-likeness (QED) is 0.617. The minimum absolute atomic E-state index is 0.121. The molecule has 34 heavy (non-hydrogen) atoms. The summed E-state index contributed by atoms with van der Waals surface area (Å²) in [5, 5.41) is 0. The monoisotopic (exact) mass is 486 g/mol. The normalized spacial score (nSPS) is 23.7. The zero-order chi connectivity index (χ0) is 23.4. The van der Waals surface area contributed by atoms with Crippen molar-refractivity contribution in [2.45, 2.75) is 38.3 Å². The molecule has 0 spiro atoms. The van der Waals surface area contributed by atoms with E-state index < -0.39 is 10.0 Å². The molecule has 0 bridgehead atoms. The fourth-order valence-electron chi connectivity index (χ4n) is 5.00. The van der Waals surface area contributed by atoms with Gasteiger partial charge in [-0.15, -0.1) is 0 Å². The molecule has 11 nitrogen and oxygen atoms in total. The Morgan fingerprint density at radius 2 is 1.88 bits per heavy atom. The molecule has 1 saturated carbocycles. The molecule has 2 saturated heterocycles. The fourth-order valence-corrected chi connectivity index (χ4v) is 6.94. The molecule has 6 rings (SSSR count). The predicted molar refractivity (Wildman–Crippen MR) is 128 cm³/mol. The van der Waals surface area contributed by atoms with E-state index in [2.05, 4.69) is 26.7 Å². The van der Waals surface area contributed by atoms with Crippen molar-refractivity contribution < 1.29 is 13.2 Å². The lowest BCUT2D eigenvalue weighted by Gasteiger charge is -2.44. The maximum absolute atomic E-state index is 12.7. The molecule has 0 amide bonds. The molecule has 3 fully saturated rings. The van der Waals surface area contributed by atoms with Crippen LogP contribution in [0.15, 0.2) is 12.4 Å². The van der Waals surface area contributed by atoms with Crippen LogP contribution >= 0.6 is 0 Å². The average Bonchev–Trinajstić information content (AvgIpc) is 3.49. The zero-order valence-corrected chi connectivity index (χ0v) is 20.1. The van der Waals surface area contributed by atoms with Crippen LogP contribution in [0, 0.1) is 5.92 Å². The molecular formula is C22H30N8O3S. The lowest BCUT2D eigenvalue weighted by Crippen LogP contribution is -2.61. The topological polar surface area (TPSA) is 131 Å². The number of anilines is 3. The van der Waals surface area contributed by atoms with E-state index in [4.69, 9.17) is 20.4 Å². The Labute approximate surface area is 199 Å². The molecule has 1 atom stereocenters. The van der Waals surface area contributed by atoms with E-state index in [9.17, 15) is 8.42 Å². The first-order chi connectivity index (χ1) is 16.4. The van der Waals surface area contributed by atoms with Gasteiger partial charge in [-0.1, -0.05) is 0 Å². The smallest absolute Gasteiger partial charge is 0.228 e. The molecule has 1 aliphatic carbocycles. The molecular weight excluding hydrogens is 456 g/mol. The second-order valence-electron chi connectivity index (χ2n) is 9.76. The molecule has 0 radical (unpaired) electrons. The predicted octanol–water partition coefficient (Wildman–Crippen LogP) is 0.527. The highest BCUT2D eigenvalue weighted by Gasteiger charge is 2.44. The summed E-state index contributed by atoms with van der Waals surface area (Å²) < 4.78 is 32.6. The van der Waals surface area contributed by atoms with Gasteiger partial charge in [0, 0.05) is 49.7 Å². The van der Waals surface area contributed by atoms with Crippen molar-refractivity contribution in [2.75, 3.05) is 60.7 Å². The maximum Gasteiger partial charge on any atom is 0.228 e. The molecule has 2 N–H and O–H groups in total. The van der Waals surface area contributed by atoms with Crippen LogP contribution in [0.5, 0.6) is 0 Å². The van der Waals surface area contributed by atoms with Crippen LogP contribution in [0.1, 0.15) is 25.3 Å². The van der Waals surface area contributed by atoms with E-state index in [1.54, 1.807) is 16.7 Å². The fraction of sp³-hybridized carbons (Fsp3) is 0.636. The Hall–Kier alpha value is -2.57. The number of ether oxygens (including phenoxy) is 1. The van der Waals surface area contributed by atoms with Crippen LogP contribution in [0.25, 0.3) is 11.3 Å². The third kappa shape index (κ3) is 3.97. The van der Waals surface area contributed by atoms with E-state index in [0.717, 1.165) is 48.4 Å². The molecule has 2 aromatic heterocycles. The Kier molecular flexibility index (Phi) is 5.34. The van der Waals surface area contributed by atoms with Gasteiger partial charge in [0.25, 0.3) is 0 Å². The number of hydrogen-bond acceptors (Lipinski definition) is 10. The molecule has 182 valence electrons. The number of sulfonamides is 1. The van der Waals surface area contributed by atoms with Crippen molar-refractivity contribution in [2.24, 2.45) is 5.92 Å². The number of rotatable bonds is 6. The highest BCUT2D eigenvalue weighted by atomic mass is 32.2. The number of nitrogens with zero attached hydrogens (tertiary/aromatic N) is 7. The Morgan fingerprint density at radius 1 is 1.12 bits per heavy atom. The summed E-state index contributed by atoms with van der Waals surface area (Å²) in [6.07, 6.45) is 6.27. The van der Waals surface area contributed by atoms with Crippen LogP contribution in [0.4, 0.5) is 17.7 Å². The number of nitrogens with two attached hydrogens (primary N) is 1. The SMILES string of the molecule is CC1COCCN1c1nc(-c2cnc(N)nc2)c2c(n1)N(C1CN(S(=O)(=O)CC3CC3)C1)CC2. The number of morpholine rings is 1. The zero-order valence-electron chi connectivity index (χ0n) is 19.3. The van der Waals surface area contributed by atoms with Gasteiger partial charge >= 0.3 is 0 Å². The van der Waals surface area contributed by atoms with Crippen molar-refractivity contribution in [1.29, 1.82) is 0 Å². The van der Waals surface area contributed by atoms with E-state index in [-0.39, 0.29) is 18.0 Å². The maximum atomic E-state index is 12.7. The van der Waals surface area contributed by atoms with E-state index in [1.807, 2.05) is 0 Å². The van der Waals surface area contributed by atoms with Gasteiger partial charge in [-0.05, 0) is 32.1 Å². The summed E-state index contributed by atoms with van der Waals surface area (Å²) in [7, 11) is -3.16. The highest BCUT2D eigenvalue weighted by Crippen LogP contribution is 2.39. The van der Waals surface area contributed by atoms with E-state index in [0.29, 0.717) is 50.5 Å². The lowest BCUT2D eigenvalue weighted by atomic mass is 10.1. The summed E-state index contributed by atoms with van der Waals surface area (Å²) in [6.45, 7) is 5.90. The molecule has 0 aromatic carbocycles.